The smallest absolute Gasteiger partial charge is 0.233 e. The molecule has 3 heteroatoms. The molecule has 0 spiro atoms. The maximum Gasteiger partial charge on any atom is 0.233 e. The minimum atomic E-state index is 0.145. The molecule has 2 fully saturated rings. The third kappa shape index (κ3) is 3.71. The molecule has 0 radical (unpaired) electrons. The lowest BCUT2D eigenvalue weighted by Crippen LogP contribution is -2.32. The summed E-state index contributed by atoms with van der Waals surface area (Å²) in [6.07, 6.45) is 7.92. The third-order valence-corrected chi connectivity index (χ3v) is 4.73. The molecule has 2 saturated carbocycles. The van der Waals surface area contributed by atoms with Crippen molar-refractivity contribution in [1.29, 1.82) is 0 Å². The van der Waals surface area contributed by atoms with Gasteiger partial charge in [-0.1, -0.05) is 12.8 Å². The molecule has 1 amide bonds. The van der Waals surface area contributed by atoms with Crippen LogP contribution in [-0.2, 0) is 4.79 Å². The zero-order valence-electron chi connectivity index (χ0n) is 9.50. The lowest BCUT2D eigenvalue weighted by molar-refractivity contribution is -0.120. The van der Waals surface area contributed by atoms with E-state index < -0.39 is 0 Å². The second-order valence-electron chi connectivity index (χ2n) is 4.91. The van der Waals surface area contributed by atoms with Gasteiger partial charge in [0.05, 0.1) is 5.25 Å². The lowest BCUT2D eigenvalue weighted by Gasteiger charge is -2.14. The Hall–Kier alpha value is -0.180. The SMILES string of the molecule is C[C@H](SCC1CCCC1)C(=O)NC1CC1. The van der Waals surface area contributed by atoms with Crippen molar-refractivity contribution in [2.24, 2.45) is 5.92 Å². The van der Waals surface area contributed by atoms with Crippen molar-refractivity contribution in [3.63, 3.8) is 0 Å². The minimum Gasteiger partial charge on any atom is -0.352 e. The number of hydrogen-bond acceptors (Lipinski definition) is 2. The van der Waals surface area contributed by atoms with Crippen LogP contribution in [0.2, 0.25) is 0 Å². The van der Waals surface area contributed by atoms with E-state index in [0.717, 1.165) is 5.92 Å². The highest BCUT2D eigenvalue weighted by atomic mass is 32.2. The maximum absolute atomic E-state index is 11.7. The van der Waals surface area contributed by atoms with Crippen LogP contribution in [0.15, 0.2) is 0 Å². The summed E-state index contributed by atoms with van der Waals surface area (Å²) in [7, 11) is 0. The molecule has 2 aliphatic carbocycles. The van der Waals surface area contributed by atoms with Gasteiger partial charge in [-0.3, -0.25) is 4.79 Å². The van der Waals surface area contributed by atoms with Crippen LogP contribution in [0, 0.1) is 5.92 Å². The van der Waals surface area contributed by atoms with Crippen LogP contribution in [0.4, 0.5) is 0 Å². The van der Waals surface area contributed by atoms with E-state index in [2.05, 4.69) is 5.32 Å². The van der Waals surface area contributed by atoms with Crippen molar-refractivity contribution in [2.45, 2.75) is 56.7 Å². The van der Waals surface area contributed by atoms with Gasteiger partial charge < -0.3 is 5.32 Å². The van der Waals surface area contributed by atoms with Crippen LogP contribution < -0.4 is 5.32 Å². The fourth-order valence-corrected chi connectivity index (χ4v) is 3.19. The average Bonchev–Trinajstić information content (AvgIpc) is 2.88. The Morgan fingerprint density at radius 2 is 2.00 bits per heavy atom. The fourth-order valence-electron chi connectivity index (χ4n) is 2.08. The number of amides is 1. The molecule has 0 aromatic rings. The highest BCUT2D eigenvalue weighted by molar-refractivity contribution is 8.00. The Balaban J connectivity index is 1.61. The first-order chi connectivity index (χ1) is 7.25. The first-order valence-corrected chi connectivity index (χ1v) is 7.22. The van der Waals surface area contributed by atoms with Crippen LogP contribution in [0.25, 0.3) is 0 Å². The first-order valence-electron chi connectivity index (χ1n) is 6.17. The number of carbonyl (C=O) groups is 1. The molecule has 0 aromatic carbocycles. The predicted octanol–water partition coefficient (Wildman–Crippen LogP) is 2.58. The van der Waals surface area contributed by atoms with Crippen LogP contribution in [0.1, 0.15) is 45.4 Å². The fraction of sp³-hybridized carbons (Fsp3) is 0.917. The molecule has 0 aromatic heterocycles. The van der Waals surface area contributed by atoms with E-state index in [0.29, 0.717) is 6.04 Å². The first kappa shape index (κ1) is 11.3. The van der Waals surface area contributed by atoms with E-state index in [1.165, 1.54) is 44.3 Å². The van der Waals surface area contributed by atoms with Crippen molar-refractivity contribution >= 4 is 17.7 Å². The van der Waals surface area contributed by atoms with Gasteiger partial charge in [0.2, 0.25) is 5.91 Å². The van der Waals surface area contributed by atoms with Gasteiger partial charge in [0.15, 0.2) is 0 Å². The molecule has 1 N–H and O–H groups in total. The Kier molecular flexibility index (Phi) is 3.95. The summed E-state index contributed by atoms with van der Waals surface area (Å²) < 4.78 is 0. The monoisotopic (exact) mass is 227 g/mol. The molecule has 0 saturated heterocycles. The van der Waals surface area contributed by atoms with E-state index in [1.54, 1.807) is 0 Å². The van der Waals surface area contributed by atoms with Crippen LogP contribution in [0.5, 0.6) is 0 Å². The predicted molar refractivity (Wildman–Crippen MR) is 65.0 cm³/mol. The van der Waals surface area contributed by atoms with Gasteiger partial charge in [-0.15, -0.1) is 11.8 Å². The Morgan fingerprint density at radius 1 is 1.33 bits per heavy atom. The van der Waals surface area contributed by atoms with E-state index >= 15 is 0 Å². The molecule has 0 heterocycles. The maximum atomic E-state index is 11.7. The van der Waals surface area contributed by atoms with Crippen molar-refractivity contribution in [2.75, 3.05) is 5.75 Å². The topological polar surface area (TPSA) is 29.1 Å². The van der Waals surface area contributed by atoms with Crippen molar-refractivity contribution in [1.82, 2.24) is 5.32 Å². The quantitative estimate of drug-likeness (QED) is 0.782. The molecular formula is C12H21NOS. The standard InChI is InChI=1S/C12H21NOS/c1-9(12(14)13-11-6-7-11)15-8-10-4-2-3-5-10/h9-11H,2-8H2,1H3,(H,13,14)/t9-/m0/s1. The Morgan fingerprint density at radius 3 is 2.60 bits per heavy atom. The summed E-state index contributed by atoms with van der Waals surface area (Å²) in [4.78, 5) is 11.7. The minimum absolute atomic E-state index is 0.145. The molecule has 0 unspecified atom stereocenters. The van der Waals surface area contributed by atoms with Crippen molar-refractivity contribution < 1.29 is 4.79 Å². The zero-order chi connectivity index (χ0) is 10.7. The number of nitrogens with one attached hydrogen (secondary N) is 1. The molecule has 2 aliphatic rings. The molecule has 1 atom stereocenters. The number of carbonyl (C=O) groups excluding carboxylic acids is 1. The van der Waals surface area contributed by atoms with E-state index in [4.69, 9.17) is 0 Å². The lowest BCUT2D eigenvalue weighted by atomic mass is 10.1. The van der Waals surface area contributed by atoms with Gasteiger partial charge >= 0.3 is 0 Å². The molecule has 15 heavy (non-hydrogen) atoms. The van der Waals surface area contributed by atoms with E-state index in [-0.39, 0.29) is 11.2 Å². The summed E-state index contributed by atoms with van der Waals surface area (Å²) in [6.45, 7) is 2.04. The highest BCUT2D eigenvalue weighted by Gasteiger charge is 2.26. The highest BCUT2D eigenvalue weighted by Crippen LogP contribution is 2.29. The summed E-state index contributed by atoms with van der Waals surface area (Å²) in [5.74, 6) is 2.31. The van der Waals surface area contributed by atoms with E-state index in [9.17, 15) is 4.79 Å². The number of hydrogen-bond donors (Lipinski definition) is 1. The normalized spacial score (nSPS) is 24.1. The van der Waals surface area contributed by atoms with Crippen LogP contribution in [0.3, 0.4) is 0 Å². The van der Waals surface area contributed by atoms with Gasteiger partial charge in [-0.2, -0.15) is 0 Å². The Bertz CT molecular complexity index is 222. The van der Waals surface area contributed by atoms with Crippen molar-refractivity contribution in [3.05, 3.63) is 0 Å². The second kappa shape index (κ2) is 5.24. The van der Waals surface area contributed by atoms with Gasteiger partial charge in [0.1, 0.15) is 0 Å². The summed E-state index contributed by atoms with van der Waals surface area (Å²) in [6, 6.07) is 0.507. The van der Waals surface area contributed by atoms with Gasteiger partial charge in [0, 0.05) is 6.04 Å². The van der Waals surface area contributed by atoms with Gasteiger partial charge in [0.25, 0.3) is 0 Å². The largest absolute Gasteiger partial charge is 0.352 e. The molecular weight excluding hydrogens is 206 g/mol. The van der Waals surface area contributed by atoms with Crippen molar-refractivity contribution in [3.8, 4) is 0 Å². The summed E-state index contributed by atoms with van der Waals surface area (Å²) in [5.41, 5.74) is 0. The molecule has 2 nitrogen and oxygen atoms in total. The van der Waals surface area contributed by atoms with E-state index in [1.807, 2.05) is 18.7 Å². The summed E-state index contributed by atoms with van der Waals surface area (Å²) in [5, 5.41) is 3.21. The number of thioether (sulfide) groups is 1. The second-order valence-corrected chi connectivity index (χ2v) is 6.28. The molecule has 2 rings (SSSR count). The average molecular weight is 227 g/mol. The van der Waals surface area contributed by atoms with Gasteiger partial charge in [-0.05, 0) is 44.3 Å². The van der Waals surface area contributed by atoms with Crippen LogP contribution in [-0.4, -0.2) is 23.0 Å². The number of rotatable bonds is 5. The van der Waals surface area contributed by atoms with Crippen LogP contribution >= 0.6 is 11.8 Å². The third-order valence-electron chi connectivity index (χ3n) is 3.35. The Labute approximate surface area is 96.6 Å². The zero-order valence-corrected chi connectivity index (χ0v) is 10.3. The summed E-state index contributed by atoms with van der Waals surface area (Å²) >= 11 is 1.84. The molecule has 0 aliphatic heterocycles. The molecule has 86 valence electrons. The molecule has 0 bridgehead atoms. The van der Waals surface area contributed by atoms with Gasteiger partial charge in [-0.25, -0.2) is 0 Å².